The number of fused-ring (bicyclic) bond motifs is 1. The molecule has 0 aliphatic heterocycles. The Morgan fingerprint density at radius 1 is 1.39 bits per heavy atom. The molecule has 1 aromatic carbocycles. The zero-order chi connectivity index (χ0) is 16.5. The van der Waals surface area contributed by atoms with Crippen LogP contribution in [-0.4, -0.2) is 42.5 Å². The summed E-state index contributed by atoms with van der Waals surface area (Å²) in [6, 6.07) is 10.6. The van der Waals surface area contributed by atoms with Crippen molar-refractivity contribution in [1.82, 2.24) is 15.2 Å². The third kappa shape index (κ3) is 5.16. The lowest BCUT2D eigenvalue weighted by atomic mass is 10.2. The van der Waals surface area contributed by atoms with E-state index in [1.807, 2.05) is 6.08 Å². The van der Waals surface area contributed by atoms with Crippen molar-refractivity contribution >= 4 is 16.9 Å². The lowest BCUT2D eigenvalue weighted by molar-refractivity contribution is 0.470. The van der Waals surface area contributed by atoms with Crippen molar-refractivity contribution in [3.63, 3.8) is 0 Å². The minimum absolute atomic E-state index is 0.779. The number of aliphatic imine (C=N–C) groups is 1. The van der Waals surface area contributed by atoms with E-state index >= 15 is 0 Å². The summed E-state index contributed by atoms with van der Waals surface area (Å²) in [6.45, 7) is 8.53. The molecular weight excluding hydrogens is 284 g/mol. The van der Waals surface area contributed by atoms with Crippen molar-refractivity contribution in [2.24, 2.45) is 4.99 Å². The van der Waals surface area contributed by atoms with E-state index in [1.54, 1.807) is 0 Å². The minimum atomic E-state index is 0.779. The summed E-state index contributed by atoms with van der Waals surface area (Å²) in [4.78, 5) is 10.4. The second kappa shape index (κ2) is 9.03. The zero-order valence-electron chi connectivity index (χ0n) is 14.3. The number of hydrogen-bond donors (Lipinski definition) is 2. The number of unbranched alkanes of at least 4 members (excludes halogenated alkanes) is 1. The third-order valence-corrected chi connectivity index (χ3v) is 3.83. The van der Waals surface area contributed by atoms with E-state index in [4.69, 9.17) is 4.99 Å². The van der Waals surface area contributed by atoms with Crippen LogP contribution in [-0.2, 0) is 6.42 Å². The third-order valence-electron chi connectivity index (χ3n) is 3.83. The zero-order valence-corrected chi connectivity index (χ0v) is 14.3. The first-order valence-electron chi connectivity index (χ1n) is 8.41. The van der Waals surface area contributed by atoms with E-state index in [2.05, 4.69) is 66.1 Å². The molecule has 4 heteroatoms. The maximum Gasteiger partial charge on any atom is 0.193 e. The van der Waals surface area contributed by atoms with Gasteiger partial charge in [0.2, 0.25) is 0 Å². The molecule has 0 aliphatic carbocycles. The fraction of sp³-hybridized carbons (Fsp3) is 0.421. The lowest BCUT2D eigenvalue weighted by Gasteiger charge is -2.21. The Bertz CT molecular complexity index is 609. The monoisotopic (exact) mass is 312 g/mol. The van der Waals surface area contributed by atoms with E-state index < -0.39 is 0 Å². The van der Waals surface area contributed by atoms with Crippen LogP contribution in [0.4, 0.5) is 0 Å². The second-order valence-electron chi connectivity index (χ2n) is 5.72. The van der Waals surface area contributed by atoms with Gasteiger partial charge < -0.3 is 15.2 Å². The van der Waals surface area contributed by atoms with Crippen molar-refractivity contribution in [2.45, 2.75) is 26.2 Å². The van der Waals surface area contributed by atoms with Crippen molar-refractivity contribution in [3.8, 4) is 0 Å². The molecule has 0 radical (unpaired) electrons. The van der Waals surface area contributed by atoms with Crippen LogP contribution in [0.5, 0.6) is 0 Å². The normalized spacial score (nSPS) is 11.7. The molecule has 0 amide bonds. The van der Waals surface area contributed by atoms with Crippen LogP contribution in [0, 0.1) is 0 Å². The molecule has 0 fully saturated rings. The Morgan fingerprint density at radius 2 is 2.22 bits per heavy atom. The Labute approximate surface area is 139 Å². The summed E-state index contributed by atoms with van der Waals surface area (Å²) < 4.78 is 0. The first-order chi connectivity index (χ1) is 11.2. The van der Waals surface area contributed by atoms with Gasteiger partial charge in [-0.1, -0.05) is 24.3 Å². The summed E-state index contributed by atoms with van der Waals surface area (Å²) in [5.74, 6) is 0.979. The van der Waals surface area contributed by atoms with Gasteiger partial charge in [-0.2, -0.15) is 0 Å². The van der Waals surface area contributed by atoms with Crippen molar-refractivity contribution < 1.29 is 0 Å². The lowest BCUT2D eigenvalue weighted by Crippen LogP contribution is -2.39. The predicted octanol–water partition coefficient (Wildman–Crippen LogP) is 3.57. The first-order valence-corrected chi connectivity index (χ1v) is 8.41. The van der Waals surface area contributed by atoms with Gasteiger partial charge in [0, 0.05) is 44.3 Å². The van der Waals surface area contributed by atoms with E-state index in [1.165, 1.54) is 16.6 Å². The number of allylic oxidation sites excluding steroid dienone is 1. The van der Waals surface area contributed by atoms with Crippen LogP contribution < -0.4 is 5.32 Å². The summed E-state index contributed by atoms with van der Waals surface area (Å²) in [7, 11) is 2.09. The number of nitrogens with one attached hydrogen (secondary N) is 2. The van der Waals surface area contributed by atoms with Crippen LogP contribution in [0.15, 0.2) is 48.0 Å². The molecule has 2 aromatic rings. The van der Waals surface area contributed by atoms with Gasteiger partial charge >= 0.3 is 0 Å². The van der Waals surface area contributed by atoms with E-state index in [0.717, 1.165) is 44.9 Å². The Hall–Kier alpha value is -2.23. The van der Waals surface area contributed by atoms with Gasteiger partial charge in [-0.15, -0.1) is 6.58 Å². The molecule has 0 unspecified atom stereocenters. The molecule has 2 N–H and O–H groups in total. The van der Waals surface area contributed by atoms with Gasteiger partial charge in [0.15, 0.2) is 5.96 Å². The average Bonchev–Trinajstić information content (AvgIpc) is 2.97. The quantitative estimate of drug-likeness (QED) is 0.339. The molecule has 23 heavy (non-hydrogen) atoms. The molecule has 4 nitrogen and oxygen atoms in total. The highest BCUT2D eigenvalue weighted by atomic mass is 15.3. The fourth-order valence-electron chi connectivity index (χ4n) is 2.60. The molecule has 0 bridgehead atoms. The number of guanidine groups is 1. The van der Waals surface area contributed by atoms with E-state index in [9.17, 15) is 0 Å². The van der Waals surface area contributed by atoms with Gasteiger partial charge in [0.25, 0.3) is 0 Å². The Balaban J connectivity index is 1.92. The number of benzene rings is 1. The molecule has 0 atom stereocenters. The summed E-state index contributed by atoms with van der Waals surface area (Å²) in [6.07, 6.45) is 5.03. The van der Waals surface area contributed by atoms with Crippen LogP contribution in [0.3, 0.4) is 0 Å². The van der Waals surface area contributed by atoms with E-state index in [0.29, 0.717) is 0 Å². The molecule has 0 aliphatic rings. The average molecular weight is 312 g/mol. The van der Waals surface area contributed by atoms with Gasteiger partial charge in [-0.25, -0.2) is 0 Å². The summed E-state index contributed by atoms with van der Waals surface area (Å²) in [5.41, 5.74) is 2.43. The van der Waals surface area contributed by atoms with Gasteiger partial charge in [-0.3, -0.25) is 4.99 Å². The molecule has 1 heterocycles. The smallest absolute Gasteiger partial charge is 0.193 e. The Kier molecular flexibility index (Phi) is 6.73. The van der Waals surface area contributed by atoms with Crippen molar-refractivity contribution in [3.05, 3.63) is 48.7 Å². The number of H-pyrrole nitrogens is 1. The highest BCUT2D eigenvalue weighted by Crippen LogP contribution is 2.14. The topological polar surface area (TPSA) is 43.4 Å². The highest BCUT2D eigenvalue weighted by molar-refractivity contribution is 5.80. The summed E-state index contributed by atoms with van der Waals surface area (Å²) >= 11 is 0. The fourth-order valence-corrected chi connectivity index (χ4v) is 2.60. The highest BCUT2D eigenvalue weighted by Gasteiger charge is 2.05. The second-order valence-corrected chi connectivity index (χ2v) is 5.72. The van der Waals surface area contributed by atoms with Crippen LogP contribution in [0.1, 0.15) is 25.5 Å². The number of aromatic nitrogens is 1. The predicted molar refractivity (Wildman–Crippen MR) is 100 cm³/mol. The first kappa shape index (κ1) is 17.1. The number of hydrogen-bond acceptors (Lipinski definition) is 1. The standard InChI is InChI=1S/C19H28N4/c1-4-6-9-14-23(3)19(20-5-2)21-13-12-17-15-16-10-7-8-11-18(16)22-17/h4,7-8,10-11,15,22H,1,5-6,9,12-14H2,2-3H3,(H,20,21). The largest absolute Gasteiger partial charge is 0.358 e. The van der Waals surface area contributed by atoms with E-state index in [-0.39, 0.29) is 0 Å². The SMILES string of the molecule is C=CCCCN(C)C(=NCCc1cc2ccccc2[nH]1)NCC. The molecular formula is C19H28N4. The number of nitrogens with zero attached hydrogens (tertiary/aromatic N) is 2. The Morgan fingerprint density at radius 3 is 2.96 bits per heavy atom. The van der Waals surface area contributed by atoms with Gasteiger partial charge in [-0.05, 0) is 37.3 Å². The van der Waals surface area contributed by atoms with Crippen LogP contribution in [0.25, 0.3) is 10.9 Å². The summed E-state index contributed by atoms with van der Waals surface area (Å²) in [5, 5.41) is 4.63. The molecule has 2 rings (SSSR count). The molecule has 0 saturated heterocycles. The number of para-hydroxylation sites is 1. The molecule has 0 saturated carbocycles. The number of aromatic amines is 1. The molecule has 0 spiro atoms. The van der Waals surface area contributed by atoms with Crippen LogP contribution >= 0.6 is 0 Å². The molecule has 124 valence electrons. The van der Waals surface area contributed by atoms with Gasteiger partial charge in [0.1, 0.15) is 0 Å². The molecule has 1 aromatic heterocycles. The maximum atomic E-state index is 4.74. The van der Waals surface area contributed by atoms with Crippen molar-refractivity contribution in [2.75, 3.05) is 26.7 Å². The van der Waals surface area contributed by atoms with Crippen LogP contribution in [0.2, 0.25) is 0 Å². The minimum Gasteiger partial charge on any atom is -0.358 e. The number of rotatable bonds is 8. The van der Waals surface area contributed by atoms with Gasteiger partial charge in [0.05, 0.1) is 0 Å². The van der Waals surface area contributed by atoms with Crippen molar-refractivity contribution in [1.29, 1.82) is 0 Å². The maximum absolute atomic E-state index is 4.74.